The zero-order valence-electron chi connectivity index (χ0n) is 13.2. The molecule has 0 atom stereocenters. The highest BCUT2D eigenvalue weighted by molar-refractivity contribution is 6.34. The second-order valence-electron chi connectivity index (χ2n) is 4.91. The quantitative estimate of drug-likeness (QED) is 0.596. The Balaban J connectivity index is 2.17. The highest BCUT2D eigenvalue weighted by Crippen LogP contribution is 2.28. The van der Waals surface area contributed by atoms with Crippen LogP contribution in [0.25, 0.3) is 6.08 Å². The van der Waals surface area contributed by atoms with E-state index in [1.54, 1.807) is 12.1 Å². The summed E-state index contributed by atoms with van der Waals surface area (Å²) in [5, 5.41) is 8.67. The van der Waals surface area contributed by atoms with E-state index in [1.807, 2.05) is 0 Å². The van der Waals surface area contributed by atoms with Crippen LogP contribution in [0.5, 0.6) is 11.5 Å². The van der Waals surface area contributed by atoms with Gasteiger partial charge in [0.15, 0.2) is 23.9 Å². The fraction of sp³-hybridized carbons (Fsp3) is 0.111. The summed E-state index contributed by atoms with van der Waals surface area (Å²) in [5.74, 6) is -1.40. The maximum atomic E-state index is 13.0. The van der Waals surface area contributed by atoms with Gasteiger partial charge in [-0.1, -0.05) is 23.7 Å². The molecule has 0 saturated carbocycles. The van der Waals surface area contributed by atoms with Gasteiger partial charge < -0.3 is 14.6 Å². The zero-order chi connectivity index (χ0) is 18.4. The van der Waals surface area contributed by atoms with E-state index in [2.05, 4.69) is 0 Å². The summed E-state index contributed by atoms with van der Waals surface area (Å²) in [5.41, 5.74) is 0.818. The predicted molar refractivity (Wildman–Crippen MR) is 90.9 cm³/mol. The molecule has 0 aliphatic carbocycles. The molecule has 0 amide bonds. The molecule has 0 fully saturated rings. The highest BCUT2D eigenvalue weighted by Gasteiger charge is 2.09. The average Bonchev–Trinajstić information content (AvgIpc) is 2.58. The molecule has 0 radical (unpaired) electrons. The number of methoxy groups -OCH3 is 1. The van der Waals surface area contributed by atoms with Gasteiger partial charge in [0.1, 0.15) is 5.82 Å². The summed E-state index contributed by atoms with van der Waals surface area (Å²) in [6.07, 6.45) is 2.83. The topological polar surface area (TPSA) is 72.8 Å². The minimum Gasteiger partial charge on any atom is -0.493 e. The van der Waals surface area contributed by atoms with E-state index in [-0.39, 0.29) is 22.1 Å². The number of carboxylic acids is 1. The maximum absolute atomic E-state index is 13.0. The Morgan fingerprint density at radius 1 is 1.20 bits per heavy atom. The van der Waals surface area contributed by atoms with E-state index in [9.17, 15) is 14.0 Å². The van der Waals surface area contributed by atoms with E-state index in [4.69, 9.17) is 26.2 Å². The van der Waals surface area contributed by atoms with Crippen molar-refractivity contribution in [1.82, 2.24) is 0 Å². The van der Waals surface area contributed by atoms with Gasteiger partial charge in [-0.25, -0.2) is 9.18 Å². The van der Waals surface area contributed by atoms with E-state index in [1.165, 1.54) is 31.4 Å². The van der Waals surface area contributed by atoms with Crippen molar-refractivity contribution in [2.75, 3.05) is 13.7 Å². The van der Waals surface area contributed by atoms with Gasteiger partial charge >= 0.3 is 5.97 Å². The van der Waals surface area contributed by atoms with Crippen LogP contribution in [0.15, 0.2) is 42.5 Å². The number of carbonyl (C=O) groups excluding carboxylic acids is 1. The van der Waals surface area contributed by atoms with Crippen LogP contribution in [-0.4, -0.2) is 30.6 Å². The minimum absolute atomic E-state index is 0.0321. The minimum atomic E-state index is -1.10. The number of halogens is 2. The highest BCUT2D eigenvalue weighted by atomic mass is 35.5. The summed E-state index contributed by atoms with van der Waals surface area (Å²) in [6, 6.07) is 8.30. The van der Waals surface area contributed by atoms with Gasteiger partial charge in [-0.3, -0.25) is 4.79 Å². The van der Waals surface area contributed by atoms with Crippen LogP contribution in [0, 0.1) is 5.82 Å². The molecule has 0 aliphatic heterocycles. The Hall–Kier alpha value is -2.86. The van der Waals surface area contributed by atoms with Crippen molar-refractivity contribution in [3.05, 3.63) is 64.4 Å². The number of aliphatic carboxylic acids is 1. The maximum Gasteiger partial charge on any atom is 0.341 e. The molecule has 2 aromatic rings. The van der Waals surface area contributed by atoms with Gasteiger partial charge in [0.2, 0.25) is 0 Å². The largest absolute Gasteiger partial charge is 0.493 e. The van der Waals surface area contributed by atoms with Gasteiger partial charge in [-0.05, 0) is 42.0 Å². The van der Waals surface area contributed by atoms with Crippen LogP contribution in [0.4, 0.5) is 4.39 Å². The van der Waals surface area contributed by atoms with Gasteiger partial charge in [0.25, 0.3) is 0 Å². The van der Waals surface area contributed by atoms with E-state index >= 15 is 0 Å². The average molecular weight is 365 g/mol. The third-order valence-electron chi connectivity index (χ3n) is 3.16. The Morgan fingerprint density at radius 3 is 2.60 bits per heavy atom. The van der Waals surface area contributed by atoms with E-state index in [0.717, 1.165) is 12.1 Å². The molecule has 25 heavy (non-hydrogen) atoms. The van der Waals surface area contributed by atoms with Crippen LogP contribution in [0.2, 0.25) is 5.02 Å². The number of allylic oxidation sites excluding steroid dienone is 1. The van der Waals surface area contributed by atoms with Crippen molar-refractivity contribution in [1.29, 1.82) is 0 Å². The Labute approximate surface area is 148 Å². The normalized spacial score (nSPS) is 10.7. The van der Waals surface area contributed by atoms with Crippen LogP contribution in [0.3, 0.4) is 0 Å². The number of benzene rings is 2. The monoisotopic (exact) mass is 364 g/mol. The molecular formula is C18H14ClFO5. The van der Waals surface area contributed by atoms with E-state index in [0.29, 0.717) is 11.3 Å². The molecule has 0 spiro atoms. The predicted octanol–water partition coefficient (Wildman–Crippen LogP) is 3.85. The number of rotatable bonds is 7. The van der Waals surface area contributed by atoms with Gasteiger partial charge in [-0.2, -0.15) is 0 Å². The molecule has 130 valence electrons. The lowest BCUT2D eigenvalue weighted by Crippen LogP contribution is -2.10. The number of ketones is 1. The molecule has 0 unspecified atom stereocenters. The van der Waals surface area contributed by atoms with Crippen molar-refractivity contribution in [2.45, 2.75) is 0 Å². The van der Waals surface area contributed by atoms with Crippen LogP contribution < -0.4 is 9.47 Å². The number of hydrogen-bond donors (Lipinski definition) is 1. The lowest BCUT2D eigenvalue weighted by atomic mass is 10.1. The summed E-state index contributed by atoms with van der Waals surface area (Å²) < 4.78 is 23.3. The van der Waals surface area contributed by atoms with Gasteiger partial charge in [-0.15, -0.1) is 0 Å². The van der Waals surface area contributed by atoms with Crippen molar-refractivity contribution in [3.8, 4) is 11.5 Å². The molecule has 0 saturated heterocycles. The fourth-order valence-corrected chi connectivity index (χ4v) is 2.26. The third kappa shape index (κ3) is 5.06. The standard InChI is InChI=1S/C18H14ClFO5/c1-24-17-8-11(3-7-16(17)25-10-18(22)23)2-6-15(21)13-5-4-12(20)9-14(13)19/h2-9H,10H2,1H3,(H,22,23)/b6-2+. The molecule has 1 N–H and O–H groups in total. The molecule has 0 aromatic heterocycles. The number of hydrogen-bond acceptors (Lipinski definition) is 4. The van der Waals surface area contributed by atoms with E-state index < -0.39 is 18.4 Å². The number of ether oxygens (including phenoxy) is 2. The summed E-state index contributed by atoms with van der Waals surface area (Å²) in [6.45, 7) is -0.493. The number of carbonyl (C=O) groups is 2. The molecule has 0 heterocycles. The van der Waals surface area contributed by atoms with Gasteiger partial charge in [0.05, 0.1) is 12.1 Å². The Morgan fingerprint density at radius 2 is 1.96 bits per heavy atom. The van der Waals surface area contributed by atoms with Crippen LogP contribution in [0.1, 0.15) is 15.9 Å². The molecule has 2 aromatic carbocycles. The van der Waals surface area contributed by atoms with Gasteiger partial charge in [0, 0.05) is 5.56 Å². The van der Waals surface area contributed by atoms with Crippen LogP contribution >= 0.6 is 11.6 Å². The Kier molecular flexibility index (Phi) is 6.14. The zero-order valence-corrected chi connectivity index (χ0v) is 13.9. The third-order valence-corrected chi connectivity index (χ3v) is 3.48. The SMILES string of the molecule is COc1cc(/C=C/C(=O)c2ccc(F)cc2Cl)ccc1OCC(=O)O. The first-order chi connectivity index (χ1) is 11.9. The number of carboxylic acid groups (broad SMARTS) is 1. The van der Waals surface area contributed by atoms with Crippen molar-refractivity contribution in [2.24, 2.45) is 0 Å². The summed E-state index contributed by atoms with van der Waals surface area (Å²) in [7, 11) is 1.42. The first-order valence-corrected chi connectivity index (χ1v) is 7.48. The lowest BCUT2D eigenvalue weighted by molar-refractivity contribution is -0.139. The second-order valence-corrected chi connectivity index (χ2v) is 5.32. The molecule has 0 aliphatic rings. The first kappa shape index (κ1) is 18.5. The van der Waals surface area contributed by atoms with Crippen molar-refractivity contribution in [3.63, 3.8) is 0 Å². The molecule has 2 rings (SSSR count). The first-order valence-electron chi connectivity index (χ1n) is 7.11. The summed E-state index contributed by atoms with van der Waals surface area (Å²) in [4.78, 5) is 22.7. The molecule has 0 bridgehead atoms. The second kappa shape index (κ2) is 8.30. The molecular weight excluding hydrogens is 351 g/mol. The smallest absolute Gasteiger partial charge is 0.341 e. The molecule has 7 heteroatoms. The molecule has 5 nitrogen and oxygen atoms in total. The van der Waals surface area contributed by atoms with Crippen molar-refractivity contribution >= 4 is 29.4 Å². The van der Waals surface area contributed by atoms with Crippen molar-refractivity contribution < 1.29 is 28.6 Å². The fourth-order valence-electron chi connectivity index (χ4n) is 2.00. The lowest BCUT2D eigenvalue weighted by Gasteiger charge is -2.09. The van der Waals surface area contributed by atoms with Crippen LogP contribution in [-0.2, 0) is 4.79 Å². The summed E-state index contributed by atoms with van der Waals surface area (Å²) >= 11 is 5.86. The Bertz CT molecular complexity index is 832.